The van der Waals surface area contributed by atoms with Crippen LogP contribution in [0.25, 0.3) is 0 Å². The van der Waals surface area contributed by atoms with Crippen molar-refractivity contribution in [2.24, 2.45) is 0 Å². The number of allylic oxidation sites excluding steroid dienone is 1. The second kappa shape index (κ2) is 5.09. The fourth-order valence-electron chi connectivity index (χ4n) is 3.96. The molecule has 0 saturated carbocycles. The predicted octanol–water partition coefficient (Wildman–Crippen LogP) is 2.35. The van der Waals surface area contributed by atoms with Crippen LogP contribution in [-0.2, 0) is 21.5 Å². The van der Waals surface area contributed by atoms with Crippen LogP contribution >= 0.6 is 15.9 Å². The summed E-state index contributed by atoms with van der Waals surface area (Å²) in [5.41, 5.74) is 1.75. The molecular formula is C17H16BrNO4. The smallest absolute Gasteiger partial charge is 0.210 e. The highest BCUT2D eigenvalue weighted by molar-refractivity contribution is 9.10. The number of halogens is 1. The summed E-state index contributed by atoms with van der Waals surface area (Å²) in [5.74, 6) is 1.52. The van der Waals surface area contributed by atoms with Gasteiger partial charge in [0, 0.05) is 31.1 Å². The molecule has 1 aromatic rings. The van der Waals surface area contributed by atoms with Crippen molar-refractivity contribution in [2.75, 3.05) is 13.7 Å². The summed E-state index contributed by atoms with van der Waals surface area (Å²) in [6.45, 7) is 1.13. The Hall–Kier alpha value is -1.82. The Bertz CT molecular complexity index is 745. The van der Waals surface area contributed by atoms with E-state index in [1.807, 2.05) is 12.1 Å². The zero-order valence-electron chi connectivity index (χ0n) is 12.7. The topological polar surface area (TPSA) is 55.8 Å². The van der Waals surface area contributed by atoms with E-state index in [9.17, 15) is 9.59 Å². The van der Waals surface area contributed by atoms with E-state index in [-0.39, 0.29) is 17.3 Å². The Morgan fingerprint density at radius 1 is 1.52 bits per heavy atom. The highest BCUT2D eigenvalue weighted by Crippen LogP contribution is 2.55. The van der Waals surface area contributed by atoms with Gasteiger partial charge in [0.1, 0.15) is 17.6 Å². The number of carbonyl (C=O) groups is 2. The van der Waals surface area contributed by atoms with Gasteiger partial charge in [-0.1, -0.05) is 6.08 Å². The van der Waals surface area contributed by atoms with E-state index >= 15 is 0 Å². The van der Waals surface area contributed by atoms with Crippen molar-refractivity contribution in [3.8, 4) is 11.5 Å². The van der Waals surface area contributed by atoms with Gasteiger partial charge in [0.15, 0.2) is 5.78 Å². The first-order valence-electron chi connectivity index (χ1n) is 7.57. The standard InChI is InChI=1S/C17H16BrNO4/c1-22-13-7-12-15-11(16(13)18)8-19(9-20)5-4-17(15)3-2-10(21)6-14(17)23-12/h2-3,7,9,14H,4-6,8H2,1H3. The summed E-state index contributed by atoms with van der Waals surface area (Å²) < 4.78 is 12.4. The van der Waals surface area contributed by atoms with Gasteiger partial charge in [0.25, 0.3) is 0 Å². The Balaban J connectivity index is 1.99. The minimum absolute atomic E-state index is 0.0810. The number of methoxy groups -OCH3 is 1. The van der Waals surface area contributed by atoms with Gasteiger partial charge in [-0.3, -0.25) is 9.59 Å². The molecule has 0 bridgehead atoms. The molecule has 0 fully saturated rings. The van der Waals surface area contributed by atoms with Gasteiger partial charge >= 0.3 is 0 Å². The monoisotopic (exact) mass is 377 g/mol. The largest absolute Gasteiger partial charge is 0.495 e. The molecule has 2 heterocycles. The van der Waals surface area contributed by atoms with Crippen molar-refractivity contribution < 1.29 is 19.1 Å². The van der Waals surface area contributed by atoms with E-state index in [1.165, 1.54) is 0 Å². The maximum Gasteiger partial charge on any atom is 0.210 e. The van der Waals surface area contributed by atoms with E-state index in [2.05, 4.69) is 15.9 Å². The lowest BCUT2D eigenvalue weighted by Crippen LogP contribution is -2.41. The lowest BCUT2D eigenvalue weighted by atomic mass is 9.69. The normalized spacial score (nSPS) is 27.8. The number of carbonyl (C=O) groups excluding carboxylic acids is 2. The van der Waals surface area contributed by atoms with Crippen LogP contribution < -0.4 is 9.47 Å². The minimum Gasteiger partial charge on any atom is -0.495 e. The average molecular weight is 378 g/mol. The van der Waals surface area contributed by atoms with Crippen LogP contribution in [0.2, 0.25) is 0 Å². The van der Waals surface area contributed by atoms with Gasteiger partial charge in [0.2, 0.25) is 6.41 Å². The fourth-order valence-corrected chi connectivity index (χ4v) is 4.56. The maximum atomic E-state index is 11.8. The zero-order valence-corrected chi connectivity index (χ0v) is 14.3. The summed E-state index contributed by atoms with van der Waals surface area (Å²) in [4.78, 5) is 25.0. The van der Waals surface area contributed by atoms with Crippen LogP contribution in [0.15, 0.2) is 22.7 Å². The van der Waals surface area contributed by atoms with Gasteiger partial charge in [-0.2, -0.15) is 0 Å². The van der Waals surface area contributed by atoms with Gasteiger partial charge in [-0.15, -0.1) is 0 Å². The molecule has 1 amide bonds. The van der Waals surface area contributed by atoms with E-state index in [0.717, 1.165) is 34.2 Å². The molecule has 1 spiro atoms. The molecule has 0 N–H and O–H groups in total. The number of hydrogen-bond donors (Lipinski definition) is 0. The molecule has 3 aliphatic rings. The van der Waals surface area contributed by atoms with E-state index in [1.54, 1.807) is 18.1 Å². The predicted molar refractivity (Wildman–Crippen MR) is 86.6 cm³/mol. The molecular weight excluding hydrogens is 362 g/mol. The van der Waals surface area contributed by atoms with Crippen molar-refractivity contribution in [3.05, 3.63) is 33.8 Å². The van der Waals surface area contributed by atoms with E-state index < -0.39 is 0 Å². The number of hydrogen-bond acceptors (Lipinski definition) is 4. The molecule has 4 rings (SSSR count). The molecule has 23 heavy (non-hydrogen) atoms. The van der Waals surface area contributed by atoms with Crippen LogP contribution in [0.4, 0.5) is 0 Å². The highest BCUT2D eigenvalue weighted by atomic mass is 79.9. The molecule has 2 aliphatic heterocycles. The van der Waals surface area contributed by atoms with Crippen LogP contribution in [-0.4, -0.2) is 36.9 Å². The zero-order chi connectivity index (χ0) is 16.2. The first-order valence-corrected chi connectivity index (χ1v) is 8.36. The van der Waals surface area contributed by atoms with Crippen molar-refractivity contribution in [1.29, 1.82) is 0 Å². The van der Waals surface area contributed by atoms with Gasteiger partial charge in [0.05, 0.1) is 17.0 Å². The molecule has 2 atom stereocenters. The molecule has 0 radical (unpaired) electrons. The molecule has 120 valence electrons. The number of amides is 1. The van der Waals surface area contributed by atoms with Gasteiger partial charge in [-0.25, -0.2) is 0 Å². The Kier molecular flexibility index (Phi) is 3.27. The highest BCUT2D eigenvalue weighted by Gasteiger charge is 2.52. The fraction of sp³-hybridized carbons (Fsp3) is 0.412. The number of benzene rings is 1. The van der Waals surface area contributed by atoms with Crippen molar-refractivity contribution >= 4 is 28.1 Å². The number of ether oxygens (including phenoxy) is 2. The van der Waals surface area contributed by atoms with E-state index in [4.69, 9.17) is 9.47 Å². The second-order valence-electron chi connectivity index (χ2n) is 6.22. The quantitative estimate of drug-likeness (QED) is 0.742. The van der Waals surface area contributed by atoms with Gasteiger partial charge in [-0.05, 0) is 34.0 Å². The summed E-state index contributed by atoms with van der Waals surface area (Å²) >= 11 is 3.62. The summed E-state index contributed by atoms with van der Waals surface area (Å²) in [5, 5.41) is 0. The SMILES string of the molecule is COc1cc2c3c(c1Br)CN(C=O)CCC31C=CC(=O)CC1O2. The lowest BCUT2D eigenvalue weighted by Gasteiger charge is -2.33. The summed E-state index contributed by atoms with van der Waals surface area (Å²) in [7, 11) is 1.61. The summed E-state index contributed by atoms with van der Waals surface area (Å²) in [6.07, 6.45) is 5.42. The first-order chi connectivity index (χ1) is 11.1. The Labute approximate surface area is 142 Å². The van der Waals surface area contributed by atoms with Crippen LogP contribution in [0.3, 0.4) is 0 Å². The number of nitrogens with zero attached hydrogens (tertiary/aromatic N) is 1. The van der Waals surface area contributed by atoms with Crippen molar-refractivity contribution in [1.82, 2.24) is 4.90 Å². The third-order valence-electron chi connectivity index (χ3n) is 5.10. The van der Waals surface area contributed by atoms with Gasteiger partial charge < -0.3 is 14.4 Å². The van der Waals surface area contributed by atoms with Crippen LogP contribution in [0.5, 0.6) is 11.5 Å². The molecule has 1 aromatic carbocycles. The lowest BCUT2D eigenvalue weighted by molar-refractivity contribution is -0.119. The molecule has 5 nitrogen and oxygen atoms in total. The molecule has 0 aromatic heterocycles. The molecule has 1 aliphatic carbocycles. The number of ketones is 1. The van der Waals surface area contributed by atoms with Crippen molar-refractivity contribution in [3.63, 3.8) is 0 Å². The van der Waals surface area contributed by atoms with Crippen LogP contribution in [0, 0.1) is 0 Å². The Morgan fingerprint density at radius 2 is 2.35 bits per heavy atom. The summed E-state index contributed by atoms with van der Waals surface area (Å²) in [6, 6.07) is 1.87. The molecule has 0 saturated heterocycles. The third kappa shape index (κ3) is 1.97. The number of rotatable bonds is 2. The van der Waals surface area contributed by atoms with Crippen LogP contribution in [0.1, 0.15) is 24.0 Å². The first kappa shape index (κ1) is 14.8. The second-order valence-corrected chi connectivity index (χ2v) is 7.01. The molecule has 2 unspecified atom stereocenters. The maximum absolute atomic E-state index is 11.8. The van der Waals surface area contributed by atoms with E-state index in [0.29, 0.717) is 25.3 Å². The molecule has 6 heteroatoms. The minimum atomic E-state index is -0.342. The van der Waals surface area contributed by atoms with Crippen molar-refractivity contribution in [2.45, 2.75) is 30.9 Å². The Morgan fingerprint density at radius 3 is 3.09 bits per heavy atom. The third-order valence-corrected chi connectivity index (χ3v) is 5.97. The average Bonchev–Trinajstić information content (AvgIpc) is 2.75.